The number of aromatic nitrogens is 1. The molecule has 0 radical (unpaired) electrons. The summed E-state index contributed by atoms with van der Waals surface area (Å²) in [6.07, 6.45) is 1.70. The van der Waals surface area contributed by atoms with Crippen LogP contribution in [0.2, 0.25) is 0 Å². The fourth-order valence-corrected chi connectivity index (χ4v) is 2.85. The molecule has 2 heterocycles. The van der Waals surface area contributed by atoms with Crippen LogP contribution in [0.15, 0.2) is 54.7 Å². The molecule has 2 aromatic rings. The topological polar surface area (TPSA) is 62.7 Å². The first-order valence-electron chi connectivity index (χ1n) is 8.21. The Morgan fingerprint density at radius 2 is 2.00 bits per heavy atom. The third-order valence-corrected chi connectivity index (χ3v) is 4.18. The van der Waals surface area contributed by atoms with E-state index in [0.29, 0.717) is 13.1 Å². The van der Waals surface area contributed by atoms with Crippen molar-refractivity contribution in [1.82, 2.24) is 14.8 Å². The third kappa shape index (κ3) is 4.22. The number of benzene rings is 1. The smallest absolute Gasteiger partial charge is 0.249 e. The second kappa shape index (κ2) is 7.90. The van der Waals surface area contributed by atoms with Crippen molar-refractivity contribution in [3.05, 3.63) is 66.0 Å². The summed E-state index contributed by atoms with van der Waals surface area (Å²) in [5.74, 6) is -0.311. The molecular weight excluding hydrogens is 318 g/mol. The summed E-state index contributed by atoms with van der Waals surface area (Å²) in [4.78, 5) is 32.6. The monoisotopic (exact) mass is 339 g/mol. The molecule has 1 atom stereocenters. The SMILES string of the molecule is CN(Cc1ccccn1)C(=O)[C@H]1COCC(=O)N1Cc1ccccc1. The molecule has 1 aliphatic rings. The Hall–Kier alpha value is -2.73. The lowest BCUT2D eigenvalue weighted by Crippen LogP contribution is -2.56. The summed E-state index contributed by atoms with van der Waals surface area (Å²) in [6.45, 7) is 1.02. The molecule has 6 heteroatoms. The van der Waals surface area contributed by atoms with E-state index in [1.165, 1.54) is 0 Å². The van der Waals surface area contributed by atoms with Crippen molar-refractivity contribution in [2.75, 3.05) is 20.3 Å². The zero-order valence-electron chi connectivity index (χ0n) is 14.2. The molecule has 0 bridgehead atoms. The predicted octanol–water partition coefficient (Wildman–Crippen LogP) is 1.47. The summed E-state index contributed by atoms with van der Waals surface area (Å²) in [6, 6.07) is 14.6. The second-order valence-corrected chi connectivity index (χ2v) is 6.05. The molecule has 1 saturated heterocycles. The summed E-state index contributed by atoms with van der Waals surface area (Å²) >= 11 is 0. The van der Waals surface area contributed by atoms with Crippen LogP contribution in [0.4, 0.5) is 0 Å². The number of ether oxygens (including phenoxy) is 1. The Bertz CT molecular complexity index is 721. The van der Waals surface area contributed by atoms with Crippen LogP contribution in [0.3, 0.4) is 0 Å². The fraction of sp³-hybridized carbons (Fsp3) is 0.316. The number of likely N-dealkylation sites (N-methyl/N-ethyl adjacent to an activating group) is 1. The summed E-state index contributed by atoms with van der Waals surface area (Å²) in [7, 11) is 1.72. The van der Waals surface area contributed by atoms with Gasteiger partial charge >= 0.3 is 0 Å². The molecule has 25 heavy (non-hydrogen) atoms. The van der Waals surface area contributed by atoms with Gasteiger partial charge in [0.1, 0.15) is 12.6 Å². The lowest BCUT2D eigenvalue weighted by atomic mass is 10.1. The van der Waals surface area contributed by atoms with Gasteiger partial charge in [0.05, 0.1) is 18.8 Å². The molecule has 0 unspecified atom stereocenters. The highest BCUT2D eigenvalue weighted by Crippen LogP contribution is 2.16. The van der Waals surface area contributed by atoms with Crippen LogP contribution in [0.1, 0.15) is 11.3 Å². The Kier molecular flexibility index (Phi) is 5.40. The number of nitrogens with zero attached hydrogens (tertiary/aromatic N) is 3. The molecule has 0 saturated carbocycles. The average molecular weight is 339 g/mol. The van der Waals surface area contributed by atoms with Gasteiger partial charge < -0.3 is 14.5 Å². The van der Waals surface area contributed by atoms with Crippen LogP contribution < -0.4 is 0 Å². The van der Waals surface area contributed by atoms with Gasteiger partial charge in [-0.15, -0.1) is 0 Å². The van der Waals surface area contributed by atoms with Gasteiger partial charge in [-0.3, -0.25) is 14.6 Å². The van der Waals surface area contributed by atoms with E-state index in [4.69, 9.17) is 4.74 Å². The van der Waals surface area contributed by atoms with E-state index in [0.717, 1.165) is 11.3 Å². The summed E-state index contributed by atoms with van der Waals surface area (Å²) in [5.41, 5.74) is 1.79. The summed E-state index contributed by atoms with van der Waals surface area (Å²) in [5, 5.41) is 0. The standard InChI is InChI=1S/C19H21N3O3/c1-21(12-16-9-5-6-10-20-16)19(24)17-13-25-14-18(23)22(17)11-15-7-3-2-4-8-15/h2-10,17H,11-14H2,1H3/t17-/m1/s1. The van der Waals surface area contributed by atoms with E-state index in [-0.39, 0.29) is 25.0 Å². The molecule has 0 N–H and O–H groups in total. The van der Waals surface area contributed by atoms with Crippen molar-refractivity contribution in [2.45, 2.75) is 19.1 Å². The zero-order valence-corrected chi connectivity index (χ0v) is 14.2. The normalized spacial score (nSPS) is 17.4. The number of carbonyl (C=O) groups excluding carboxylic acids is 2. The van der Waals surface area contributed by atoms with Gasteiger partial charge in [-0.05, 0) is 17.7 Å². The molecule has 130 valence electrons. The highest BCUT2D eigenvalue weighted by molar-refractivity contribution is 5.89. The van der Waals surface area contributed by atoms with Gasteiger partial charge in [-0.25, -0.2) is 0 Å². The molecule has 0 aliphatic carbocycles. The van der Waals surface area contributed by atoms with Crippen molar-refractivity contribution >= 4 is 11.8 Å². The van der Waals surface area contributed by atoms with Crippen molar-refractivity contribution in [3.8, 4) is 0 Å². The molecule has 3 rings (SSSR count). The van der Waals surface area contributed by atoms with Gasteiger partial charge in [0.15, 0.2) is 0 Å². The van der Waals surface area contributed by atoms with Crippen molar-refractivity contribution in [2.24, 2.45) is 0 Å². The fourth-order valence-electron chi connectivity index (χ4n) is 2.85. The van der Waals surface area contributed by atoms with Gasteiger partial charge in [-0.2, -0.15) is 0 Å². The number of hydrogen-bond donors (Lipinski definition) is 0. The van der Waals surface area contributed by atoms with E-state index >= 15 is 0 Å². The average Bonchev–Trinajstić information content (AvgIpc) is 2.64. The molecule has 0 spiro atoms. The quantitative estimate of drug-likeness (QED) is 0.827. The molecule has 2 amide bonds. The number of pyridine rings is 1. The van der Waals surface area contributed by atoms with Gasteiger partial charge in [-0.1, -0.05) is 36.4 Å². The zero-order chi connectivity index (χ0) is 17.6. The van der Waals surface area contributed by atoms with Gasteiger partial charge in [0.25, 0.3) is 0 Å². The van der Waals surface area contributed by atoms with E-state index in [2.05, 4.69) is 4.98 Å². The first-order valence-corrected chi connectivity index (χ1v) is 8.21. The van der Waals surface area contributed by atoms with Crippen LogP contribution in [0, 0.1) is 0 Å². The Morgan fingerprint density at radius 1 is 1.24 bits per heavy atom. The van der Waals surface area contributed by atoms with Crippen molar-refractivity contribution < 1.29 is 14.3 Å². The molecular formula is C19H21N3O3. The van der Waals surface area contributed by atoms with Crippen LogP contribution in [-0.4, -0.2) is 52.9 Å². The number of carbonyl (C=O) groups is 2. The summed E-state index contributed by atoms with van der Waals surface area (Å²) < 4.78 is 5.33. The molecule has 1 aromatic heterocycles. The molecule has 1 fully saturated rings. The molecule has 1 aliphatic heterocycles. The molecule has 1 aromatic carbocycles. The maximum Gasteiger partial charge on any atom is 0.249 e. The highest BCUT2D eigenvalue weighted by Gasteiger charge is 2.35. The number of rotatable bonds is 5. The lowest BCUT2D eigenvalue weighted by molar-refractivity contribution is -0.159. The van der Waals surface area contributed by atoms with Crippen LogP contribution in [-0.2, 0) is 27.4 Å². The third-order valence-electron chi connectivity index (χ3n) is 4.18. The first-order chi connectivity index (χ1) is 12.1. The van der Waals surface area contributed by atoms with E-state index in [1.807, 2.05) is 48.5 Å². The van der Waals surface area contributed by atoms with E-state index < -0.39 is 6.04 Å². The first kappa shape index (κ1) is 17.1. The lowest BCUT2D eigenvalue weighted by Gasteiger charge is -2.36. The van der Waals surface area contributed by atoms with Crippen molar-refractivity contribution in [3.63, 3.8) is 0 Å². The van der Waals surface area contributed by atoms with Crippen LogP contribution in [0.25, 0.3) is 0 Å². The largest absolute Gasteiger partial charge is 0.369 e. The van der Waals surface area contributed by atoms with Crippen LogP contribution >= 0.6 is 0 Å². The predicted molar refractivity (Wildman–Crippen MR) is 92.3 cm³/mol. The Balaban J connectivity index is 1.72. The minimum absolute atomic E-state index is 0.0145. The number of amides is 2. The molecule has 6 nitrogen and oxygen atoms in total. The van der Waals surface area contributed by atoms with E-state index in [9.17, 15) is 9.59 Å². The van der Waals surface area contributed by atoms with Gasteiger partial charge in [0, 0.05) is 19.8 Å². The van der Waals surface area contributed by atoms with Crippen molar-refractivity contribution in [1.29, 1.82) is 0 Å². The minimum atomic E-state index is -0.616. The number of morpholine rings is 1. The van der Waals surface area contributed by atoms with E-state index in [1.54, 1.807) is 23.0 Å². The Labute approximate surface area is 147 Å². The highest BCUT2D eigenvalue weighted by atomic mass is 16.5. The maximum atomic E-state index is 12.9. The maximum absolute atomic E-state index is 12.9. The minimum Gasteiger partial charge on any atom is -0.369 e. The Morgan fingerprint density at radius 3 is 2.72 bits per heavy atom. The van der Waals surface area contributed by atoms with Gasteiger partial charge in [0.2, 0.25) is 11.8 Å². The van der Waals surface area contributed by atoms with Crippen LogP contribution in [0.5, 0.6) is 0 Å². The second-order valence-electron chi connectivity index (χ2n) is 6.05. The number of hydrogen-bond acceptors (Lipinski definition) is 4.